The van der Waals surface area contributed by atoms with Crippen LogP contribution in [0.2, 0.25) is 0 Å². The summed E-state index contributed by atoms with van der Waals surface area (Å²) in [4.78, 5) is 10.6. The summed E-state index contributed by atoms with van der Waals surface area (Å²) in [6.45, 7) is 5.57. The van der Waals surface area contributed by atoms with Crippen molar-refractivity contribution in [3.63, 3.8) is 0 Å². The summed E-state index contributed by atoms with van der Waals surface area (Å²) in [7, 11) is 0. The number of nitrogens with zero attached hydrogens (tertiary/aromatic N) is 3. The maximum absolute atomic E-state index is 5.78. The molecule has 1 aliphatic rings. The zero-order valence-electron chi connectivity index (χ0n) is 9.65. The summed E-state index contributed by atoms with van der Waals surface area (Å²) in [5.74, 6) is 2.12. The molecule has 0 saturated carbocycles. The molecule has 16 heavy (non-hydrogen) atoms. The standard InChI is InChI=1S/C11H17BrN4/c1-7-4-3-5-16(8(7)2)11-9(12)10(13)14-6-15-11/h6-8H,3-5H2,1-2H3,(H2,13,14,15). The van der Waals surface area contributed by atoms with Gasteiger partial charge in [0.1, 0.15) is 22.4 Å². The Balaban J connectivity index is 2.32. The largest absolute Gasteiger partial charge is 0.383 e. The van der Waals surface area contributed by atoms with Gasteiger partial charge in [0.25, 0.3) is 0 Å². The van der Waals surface area contributed by atoms with E-state index in [1.165, 1.54) is 19.2 Å². The molecule has 4 nitrogen and oxygen atoms in total. The lowest BCUT2D eigenvalue weighted by Gasteiger charge is -2.39. The van der Waals surface area contributed by atoms with Gasteiger partial charge in [-0.05, 0) is 41.6 Å². The van der Waals surface area contributed by atoms with Gasteiger partial charge in [-0.1, -0.05) is 6.92 Å². The Morgan fingerprint density at radius 3 is 2.94 bits per heavy atom. The summed E-state index contributed by atoms with van der Waals surface area (Å²) in [6, 6.07) is 0.499. The SMILES string of the molecule is CC1CCCN(c2ncnc(N)c2Br)C1C. The van der Waals surface area contributed by atoms with Crippen molar-refractivity contribution in [3.05, 3.63) is 10.8 Å². The molecule has 2 heterocycles. The van der Waals surface area contributed by atoms with E-state index in [2.05, 4.69) is 44.6 Å². The monoisotopic (exact) mass is 284 g/mol. The van der Waals surface area contributed by atoms with Crippen molar-refractivity contribution in [3.8, 4) is 0 Å². The second kappa shape index (κ2) is 4.57. The highest BCUT2D eigenvalue weighted by Crippen LogP contribution is 2.33. The molecule has 0 aliphatic carbocycles. The normalized spacial score (nSPS) is 25.8. The van der Waals surface area contributed by atoms with Gasteiger partial charge >= 0.3 is 0 Å². The summed E-state index contributed by atoms with van der Waals surface area (Å²) in [5, 5.41) is 0. The molecule has 88 valence electrons. The minimum atomic E-state index is 0.499. The molecule has 0 bridgehead atoms. The number of rotatable bonds is 1. The van der Waals surface area contributed by atoms with E-state index in [4.69, 9.17) is 5.73 Å². The average Bonchev–Trinajstić information content (AvgIpc) is 2.27. The number of piperidine rings is 1. The molecule has 1 fully saturated rings. The minimum Gasteiger partial charge on any atom is -0.383 e. The van der Waals surface area contributed by atoms with E-state index >= 15 is 0 Å². The first-order valence-corrected chi connectivity index (χ1v) is 6.43. The Kier molecular flexibility index (Phi) is 3.33. The van der Waals surface area contributed by atoms with Gasteiger partial charge in [-0.2, -0.15) is 0 Å². The molecule has 1 aromatic rings. The van der Waals surface area contributed by atoms with Crippen LogP contribution in [0.3, 0.4) is 0 Å². The van der Waals surface area contributed by atoms with Gasteiger partial charge < -0.3 is 10.6 Å². The van der Waals surface area contributed by atoms with Crippen LogP contribution >= 0.6 is 15.9 Å². The van der Waals surface area contributed by atoms with E-state index in [1.807, 2.05) is 0 Å². The van der Waals surface area contributed by atoms with Crippen molar-refractivity contribution in [2.24, 2.45) is 5.92 Å². The van der Waals surface area contributed by atoms with Crippen molar-refractivity contribution in [1.29, 1.82) is 0 Å². The predicted molar refractivity (Wildman–Crippen MR) is 69.4 cm³/mol. The van der Waals surface area contributed by atoms with Crippen molar-refractivity contribution in [1.82, 2.24) is 9.97 Å². The van der Waals surface area contributed by atoms with Crippen LogP contribution in [-0.2, 0) is 0 Å². The van der Waals surface area contributed by atoms with Gasteiger partial charge in [0.15, 0.2) is 0 Å². The van der Waals surface area contributed by atoms with Crippen LogP contribution in [0.25, 0.3) is 0 Å². The molecule has 5 heteroatoms. The third kappa shape index (κ3) is 2.00. The maximum Gasteiger partial charge on any atom is 0.148 e. The highest BCUT2D eigenvalue weighted by atomic mass is 79.9. The summed E-state index contributed by atoms with van der Waals surface area (Å²) >= 11 is 3.47. The van der Waals surface area contributed by atoms with Crippen LogP contribution in [0.4, 0.5) is 11.6 Å². The fourth-order valence-electron chi connectivity index (χ4n) is 2.21. The molecule has 2 rings (SSSR count). The zero-order chi connectivity index (χ0) is 11.7. The molecule has 1 aliphatic heterocycles. The van der Waals surface area contributed by atoms with Gasteiger partial charge in [-0.25, -0.2) is 9.97 Å². The van der Waals surface area contributed by atoms with Crippen molar-refractivity contribution < 1.29 is 0 Å². The van der Waals surface area contributed by atoms with E-state index < -0.39 is 0 Å². The van der Waals surface area contributed by atoms with Gasteiger partial charge in [0.05, 0.1) is 0 Å². The number of hydrogen-bond donors (Lipinski definition) is 1. The Hall–Kier alpha value is -0.840. The third-order valence-electron chi connectivity index (χ3n) is 3.44. The number of halogens is 1. The average molecular weight is 285 g/mol. The van der Waals surface area contributed by atoms with Crippen LogP contribution in [0.5, 0.6) is 0 Å². The van der Waals surface area contributed by atoms with E-state index in [0.29, 0.717) is 17.8 Å². The highest BCUT2D eigenvalue weighted by Gasteiger charge is 2.27. The summed E-state index contributed by atoms with van der Waals surface area (Å²) < 4.78 is 0.816. The number of anilines is 2. The fraction of sp³-hybridized carbons (Fsp3) is 0.636. The quantitative estimate of drug-likeness (QED) is 0.861. The van der Waals surface area contributed by atoms with Gasteiger partial charge in [0.2, 0.25) is 0 Å². The first kappa shape index (κ1) is 11.6. The molecular weight excluding hydrogens is 268 g/mol. The molecule has 1 aromatic heterocycles. The molecule has 1 saturated heterocycles. The number of nitrogen functional groups attached to an aromatic ring is 1. The lowest BCUT2D eigenvalue weighted by Crippen LogP contribution is -2.43. The molecule has 0 radical (unpaired) electrons. The van der Waals surface area contributed by atoms with Crippen LogP contribution in [-0.4, -0.2) is 22.6 Å². The lowest BCUT2D eigenvalue weighted by atomic mass is 9.92. The first-order chi connectivity index (χ1) is 7.61. The van der Waals surface area contributed by atoms with Crippen LogP contribution in [0, 0.1) is 5.92 Å². The smallest absolute Gasteiger partial charge is 0.148 e. The second-order valence-corrected chi connectivity index (χ2v) is 5.24. The van der Waals surface area contributed by atoms with E-state index in [1.54, 1.807) is 0 Å². The van der Waals surface area contributed by atoms with Gasteiger partial charge in [0, 0.05) is 12.6 Å². The minimum absolute atomic E-state index is 0.499. The fourth-order valence-corrected chi connectivity index (χ4v) is 2.64. The zero-order valence-corrected chi connectivity index (χ0v) is 11.2. The summed E-state index contributed by atoms with van der Waals surface area (Å²) in [6.07, 6.45) is 4.03. The van der Waals surface area contributed by atoms with Crippen molar-refractivity contribution >= 4 is 27.6 Å². The lowest BCUT2D eigenvalue weighted by molar-refractivity contribution is 0.361. The summed E-state index contributed by atoms with van der Waals surface area (Å²) in [5.41, 5.74) is 5.78. The molecule has 2 atom stereocenters. The Bertz CT molecular complexity index is 382. The first-order valence-electron chi connectivity index (χ1n) is 5.64. The van der Waals surface area contributed by atoms with Gasteiger partial charge in [-0.3, -0.25) is 0 Å². The molecule has 2 unspecified atom stereocenters. The highest BCUT2D eigenvalue weighted by molar-refractivity contribution is 9.10. The van der Waals surface area contributed by atoms with E-state index in [9.17, 15) is 0 Å². The van der Waals surface area contributed by atoms with Crippen LogP contribution < -0.4 is 10.6 Å². The predicted octanol–water partition coefficient (Wildman–Crippen LogP) is 2.45. The number of nitrogens with two attached hydrogens (primary N) is 1. The molecular formula is C11H17BrN4. The number of hydrogen-bond acceptors (Lipinski definition) is 4. The second-order valence-electron chi connectivity index (χ2n) is 4.45. The topological polar surface area (TPSA) is 55.0 Å². The van der Waals surface area contributed by atoms with Crippen LogP contribution in [0.15, 0.2) is 10.8 Å². The molecule has 0 spiro atoms. The molecule has 0 amide bonds. The van der Waals surface area contributed by atoms with Crippen LogP contribution in [0.1, 0.15) is 26.7 Å². The Morgan fingerprint density at radius 1 is 1.44 bits per heavy atom. The van der Waals surface area contributed by atoms with Gasteiger partial charge in [-0.15, -0.1) is 0 Å². The Morgan fingerprint density at radius 2 is 2.19 bits per heavy atom. The van der Waals surface area contributed by atoms with E-state index in [-0.39, 0.29) is 0 Å². The maximum atomic E-state index is 5.78. The van der Waals surface area contributed by atoms with Crippen molar-refractivity contribution in [2.45, 2.75) is 32.7 Å². The molecule has 0 aromatic carbocycles. The van der Waals surface area contributed by atoms with Crippen molar-refractivity contribution in [2.75, 3.05) is 17.2 Å². The molecule has 2 N–H and O–H groups in total. The third-order valence-corrected chi connectivity index (χ3v) is 4.20. The van der Waals surface area contributed by atoms with E-state index in [0.717, 1.165) is 16.8 Å². The number of aromatic nitrogens is 2. The Labute approximate surface area is 104 Å².